The number of phenols is 1. The summed E-state index contributed by atoms with van der Waals surface area (Å²) in [6.07, 6.45) is 1.32. The number of carbonyl (C=O) groups excluding carboxylic acids is 1. The van der Waals surface area contributed by atoms with E-state index >= 15 is 0 Å². The van der Waals surface area contributed by atoms with E-state index in [9.17, 15) is 18.3 Å². The maximum atomic E-state index is 12.3. The van der Waals surface area contributed by atoms with Crippen molar-refractivity contribution < 1.29 is 18.3 Å². The van der Waals surface area contributed by atoms with Crippen molar-refractivity contribution in [3.05, 3.63) is 48.5 Å². The summed E-state index contributed by atoms with van der Waals surface area (Å²) in [5.41, 5.74) is 0.113. The fourth-order valence-electron chi connectivity index (χ4n) is 1.57. The molecule has 5 nitrogen and oxygen atoms in total. The zero-order valence-corrected chi connectivity index (χ0v) is 10.5. The number of nitrogens with zero attached hydrogens (tertiary/aromatic N) is 1. The highest BCUT2D eigenvalue weighted by molar-refractivity contribution is 7.91. The van der Waals surface area contributed by atoms with Gasteiger partial charge in [-0.05, 0) is 30.3 Å². The Morgan fingerprint density at radius 3 is 2.37 bits per heavy atom. The van der Waals surface area contributed by atoms with Gasteiger partial charge in [-0.2, -0.15) is 4.99 Å². The Morgan fingerprint density at radius 2 is 1.74 bits per heavy atom. The van der Waals surface area contributed by atoms with E-state index in [1.807, 2.05) is 0 Å². The largest absolute Gasteiger partial charge is 0.507 e. The van der Waals surface area contributed by atoms with E-state index in [-0.39, 0.29) is 15.5 Å². The fourth-order valence-corrected chi connectivity index (χ4v) is 2.96. The molecule has 0 fully saturated rings. The number of sulfone groups is 1. The molecule has 0 aliphatic heterocycles. The number of aliphatic imine (C=N–C) groups is 1. The summed E-state index contributed by atoms with van der Waals surface area (Å²) in [6.45, 7) is 0. The summed E-state index contributed by atoms with van der Waals surface area (Å²) in [4.78, 5) is 13.3. The van der Waals surface area contributed by atoms with Gasteiger partial charge in [0.05, 0.1) is 10.6 Å². The second-order valence-electron chi connectivity index (χ2n) is 3.67. The van der Waals surface area contributed by atoms with Crippen molar-refractivity contribution in [1.29, 1.82) is 0 Å². The molecule has 0 spiro atoms. The highest BCUT2D eigenvalue weighted by atomic mass is 32.2. The van der Waals surface area contributed by atoms with Gasteiger partial charge < -0.3 is 5.11 Å². The van der Waals surface area contributed by atoms with E-state index < -0.39 is 15.6 Å². The first-order chi connectivity index (χ1) is 9.05. The highest BCUT2D eigenvalue weighted by Gasteiger charge is 2.21. The fraction of sp³-hybridized carbons (Fsp3) is 0. The van der Waals surface area contributed by atoms with Gasteiger partial charge in [0.2, 0.25) is 15.9 Å². The predicted octanol–water partition coefficient (Wildman–Crippen LogP) is 2.19. The zero-order chi connectivity index (χ0) is 13.9. The van der Waals surface area contributed by atoms with Crippen LogP contribution in [-0.4, -0.2) is 19.6 Å². The Bertz CT molecular complexity index is 747. The van der Waals surface area contributed by atoms with Gasteiger partial charge in [0, 0.05) is 0 Å². The van der Waals surface area contributed by atoms with E-state index in [0.717, 1.165) is 6.07 Å². The van der Waals surface area contributed by atoms with Gasteiger partial charge >= 0.3 is 0 Å². The molecule has 0 bridgehead atoms. The van der Waals surface area contributed by atoms with Gasteiger partial charge in [-0.25, -0.2) is 13.2 Å². The Hall–Kier alpha value is -2.43. The molecule has 0 amide bonds. The number of hydrogen-bond donors (Lipinski definition) is 1. The average molecular weight is 275 g/mol. The lowest BCUT2D eigenvalue weighted by molar-refractivity contribution is 0.459. The SMILES string of the molecule is O=C=Nc1ccc(O)c(S(=O)(=O)c2ccccc2)c1. The van der Waals surface area contributed by atoms with Crippen LogP contribution in [-0.2, 0) is 14.6 Å². The number of benzene rings is 2. The van der Waals surface area contributed by atoms with Gasteiger partial charge in [-0.3, -0.25) is 0 Å². The summed E-state index contributed by atoms with van der Waals surface area (Å²) >= 11 is 0. The van der Waals surface area contributed by atoms with Crippen LogP contribution in [0, 0.1) is 0 Å². The monoisotopic (exact) mass is 275 g/mol. The van der Waals surface area contributed by atoms with Crippen LogP contribution in [0.25, 0.3) is 0 Å². The second-order valence-corrected chi connectivity index (χ2v) is 5.59. The quantitative estimate of drug-likeness (QED) is 0.687. The lowest BCUT2D eigenvalue weighted by atomic mass is 10.3. The molecule has 0 unspecified atom stereocenters. The molecule has 2 rings (SSSR count). The van der Waals surface area contributed by atoms with Crippen molar-refractivity contribution in [2.45, 2.75) is 9.79 Å². The lowest BCUT2D eigenvalue weighted by Gasteiger charge is -2.07. The number of isocyanates is 1. The average Bonchev–Trinajstić information content (AvgIpc) is 2.42. The second kappa shape index (κ2) is 5.06. The number of hydrogen-bond acceptors (Lipinski definition) is 5. The van der Waals surface area contributed by atoms with E-state index in [0.29, 0.717) is 0 Å². The summed E-state index contributed by atoms with van der Waals surface area (Å²) in [5.74, 6) is -0.395. The van der Waals surface area contributed by atoms with Crippen molar-refractivity contribution >= 4 is 21.6 Å². The number of rotatable bonds is 3. The van der Waals surface area contributed by atoms with E-state index in [4.69, 9.17) is 0 Å². The van der Waals surface area contributed by atoms with Crippen LogP contribution in [0.4, 0.5) is 5.69 Å². The Labute approximate surface area is 109 Å². The summed E-state index contributed by atoms with van der Waals surface area (Å²) in [6, 6.07) is 11.3. The van der Waals surface area contributed by atoms with Crippen molar-refractivity contribution in [2.75, 3.05) is 0 Å². The summed E-state index contributed by atoms with van der Waals surface area (Å²) < 4.78 is 24.6. The van der Waals surface area contributed by atoms with Gasteiger partial charge in [0.1, 0.15) is 10.6 Å². The Kier molecular flexibility index (Phi) is 3.46. The molecule has 96 valence electrons. The van der Waals surface area contributed by atoms with Crippen LogP contribution in [0.3, 0.4) is 0 Å². The lowest BCUT2D eigenvalue weighted by Crippen LogP contribution is -2.01. The van der Waals surface area contributed by atoms with Crippen molar-refractivity contribution in [3.63, 3.8) is 0 Å². The van der Waals surface area contributed by atoms with Gasteiger partial charge in [-0.15, -0.1) is 0 Å². The summed E-state index contributed by atoms with van der Waals surface area (Å²) in [7, 11) is -3.85. The normalized spacial score (nSPS) is 10.7. The molecule has 6 heteroatoms. The Balaban J connectivity index is 2.64. The highest BCUT2D eigenvalue weighted by Crippen LogP contribution is 2.31. The maximum absolute atomic E-state index is 12.3. The number of aromatic hydroxyl groups is 1. The molecule has 0 heterocycles. The molecule has 0 radical (unpaired) electrons. The smallest absolute Gasteiger partial charge is 0.240 e. The first kappa shape index (κ1) is 13.0. The third-order valence-electron chi connectivity index (χ3n) is 2.46. The third kappa shape index (κ3) is 2.54. The molecular weight excluding hydrogens is 266 g/mol. The maximum Gasteiger partial charge on any atom is 0.240 e. The standard InChI is InChI=1S/C13H9NO4S/c15-9-14-10-6-7-12(16)13(8-10)19(17,18)11-4-2-1-3-5-11/h1-8,16H. The third-order valence-corrected chi connectivity index (χ3v) is 4.26. The molecule has 2 aromatic carbocycles. The molecule has 19 heavy (non-hydrogen) atoms. The molecule has 0 saturated carbocycles. The van der Waals surface area contributed by atoms with Crippen LogP contribution in [0.15, 0.2) is 63.3 Å². The first-order valence-corrected chi connectivity index (χ1v) is 6.75. The topological polar surface area (TPSA) is 83.8 Å². The molecule has 0 aromatic heterocycles. The van der Waals surface area contributed by atoms with E-state index in [1.54, 1.807) is 18.2 Å². The zero-order valence-electron chi connectivity index (χ0n) is 9.65. The van der Waals surface area contributed by atoms with Gasteiger partial charge in [0.15, 0.2) is 0 Å². The van der Waals surface area contributed by atoms with Crippen molar-refractivity contribution in [1.82, 2.24) is 0 Å². The molecule has 0 atom stereocenters. The molecular formula is C13H9NO4S. The van der Waals surface area contributed by atoms with E-state index in [2.05, 4.69) is 4.99 Å². The van der Waals surface area contributed by atoms with Crippen molar-refractivity contribution in [3.8, 4) is 5.75 Å². The van der Waals surface area contributed by atoms with Gasteiger partial charge in [-0.1, -0.05) is 18.2 Å². The summed E-state index contributed by atoms with van der Waals surface area (Å²) in [5, 5.41) is 9.68. The van der Waals surface area contributed by atoms with Crippen LogP contribution in [0.5, 0.6) is 5.75 Å². The van der Waals surface area contributed by atoms with Crippen LogP contribution in [0.1, 0.15) is 0 Å². The van der Waals surface area contributed by atoms with Crippen LogP contribution < -0.4 is 0 Å². The molecule has 0 aliphatic rings. The molecule has 0 aliphatic carbocycles. The predicted molar refractivity (Wildman–Crippen MR) is 67.8 cm³/mol. The van der Waals surface area contributed by atoms with E-state index in [1.165, 1.54) is 30.3 Å². The Morgan fingerprint density at radius 1 is 1.05 bits per heavy atom. The van der Waals surface area contributed by atoms with Crippen molar-refractivity contribution in [2.24, 2.45) is 4.99 Å². The number of phenolic OH excluding ortho intramolecular Hbond substituents is 1. The minimum atomic E-state index is -3.85. The minimum absolute atomic E-state index is 0.0533. The first-order valence-electron chi connectivity index (χ1n) is 5.27. The van der Waals surface area contributed by atoms with Crippen LogP contribution >= 0.6 is 0 Å². The molecule has 2 aromatic rings. The molecule has 0 saturated heterocycles. The molecule has 1 N–H and O–H groups in total. The van der Waals surface area contributed by atoms with Gasteiger partial charge in [0.25, 0.3) is 0 Å². The minimum Gasteiger partial charge on any atom is -0.507 e. The van der Waals surface area contributed by atoms with Crippen LogP contribution in [0.2, 0.25) is 0 Å².